The molecule has 0 fully saturated rings. The Kier molecular flexibility index (Phi) is 4.78. The molecule has 0 atom stereocenters. The van der Waals surface area contributed by atoms with Crippen molar-refractivity contribution < 1.29 is 9.47 Å². The molecule has 0 N–H and O–H groups in total. The summed E-state index contributed by atoms with van der Waals surface area (Å²) in [6.07, 6.45) is 0. The summed E-state index contributed by atoms with van der Waals surface area (Å²) in [5, 5.41) is 4.42. The second-order valence-electron chi connectivity index (χ2n) is 5.86. The van der Waals surface area contributed by atoms with Crippen molar-refractivity contribution in [2.45, 2.75) is 0 Å². The first-order chi connectivity index (χ1) is 12.8. The predicted octanol–water partition coefficient (Wildman–Crippen LogP) is 6.83. The highest BCUT2D eigenvalue weighted by atomic mass is 32.1. The summed E-state index contributed by atoms with van der Waals surface area (Å²) in [6.45, 7) is 0. The maximum absolute atomic E-state index is 5.24. The summed E-state index contributed by atoms with van der Waals surface area (Å²) < 4.78 is 10.5. The molecule has 26 heavy (non-hydrogen) atoms. The third-order valence-electron chi connectivity index (χ3n) is 4.29. The molecule has 0 aliphatic heterocycles. The van der Waals surface area contributed by atoms with E-state index in [1.807, 2.05) is 24.3 Å². The van der Waals surface area contributed by atoms with Gasteiger partial charge in [-0.2, -0.15) is 0 Å². The number of ether oxygens (including phenoxy) is 2. The molecule has 2 heterocycles. The fourth-order valence-electron chi connectivity index (χ4n) is 2.80. The number of benzene rings is 2. The van der Waals surface area contributed by atoms with Crippen molar-refractivity contribution >= 4 is 22.7 Å². The van der Waals surface area contributed by atoms with E-state index in [4.69, 9.17) is 9.47 Å². The number of thiophene rings is 2. The topological polar surface area (TPSA) is 18.5 Å². The van der Waals surface area contributed by atoms with Gasteiger partial charge < -0.3 is 9.47 Å². The Balaban J connectivity index is 1.58. The molecule has 0 aliphatic rings. The van der Waals surface area contributed by atoms with E-state index in [2.05, 4.69) is 47.2 Å². The summed E-state index contributed by atoms with van der Waals surface area (Å²) in [7, 11) is 3.38. The SMILES string of the molecule is COc1ccc(-c2csc(-c3cc(-c4ccc(OC)cc4)cs3)c2)cc1. The van der Waals surface area contributed by atoms with E-state index in [-0.39, 0.29) is 0 Å². The van der Waals surface area contributed by atoms with Crippen molar-refractivity contribution in [3.8, 4) is 43.5 Å². The average molecular weight is 379 g/mol. The molecule has 4 aromatic rings. The Morgan fingerprint density at radius 3 is 1.27 bits per heavy atom. The van der Waals surface area contributed by atoms with E-state index in [9.17, 15) is 0 Å². The van der Waals surface area contributed by atoms with E-state index >= 15 is 0 Å². The predicted molar refractivity (Wildman–Crippen MR) is 112 cm³/mol. The van der Waals surface area contributed by atoms with E-state index in [1.165, 1.54) is 32.0 Å². The minimum atomic E-state index is 0.881. The van der Waals surface area contributed by atoms with Crippen LogP contribution in [0.3, 0.4) is 0 Å². The fraction of sp³-hybridized carbons (Fsp3) is 0.0909. The van der Waals surface area contributed by atoms with Gasteiger partial charge in [0.2, 0.25) is 0 Å². The maximum Gasteiger partial charge on any atom is 0.118 e. The van der Waals surface area contributed by atoms with Gasteiger partial charge in [0.15, 0.2) is 0 Å². The molecule has 0 saturated carbocycles. The molecule has 2 aromatic carbocycles. The minimum absolute atomic E-state index is 0.881. The first-order valence-corrected chi connectivity index (χ1v) is 9.99. The molecule has 0 radical (unpaired) electrons. The molecule has 130 valence electrons. The minimum Gasteiger partial charge on any atom is -0.497 e. The molecule has 4 rings (SSSR count). The zero-order chi connectivity index (χ0) is 17.9. The lowest BCUT2D eigenvalue weighted by Crippen LogP contribution is -1.81. The number of hydrogen-bond acceptors (Lipinski definition) is 4. The third-order valence-corrected chi connectivity index (χ3v) is 6.34. The van der Waals surface area contributed by atoms with Gasteiger partial charge in [-0.15, -0.1) is 22.7 Å². The summed E-state index contributed by atoms with van der Waals surface area (Å²) >= 11 is 3.56. The Morgan fingerprint density at radius 1 is 0.538 bits per heavy atom. The zero-order valence-corrected chi connectivity index (χ0v) is 16.2. The average Bonchev–Trinajstić information content (AvgIpc) is 3.38. The molecule has 4 heteroatoms. The molecule has 0 bridgehead atoms. The van der Waals surface area contributed by atoms with Crippen molar-refractivity contribution in [2.75, 3.05) is 14.2 Å². The van der Waals surface area contributed by atoms with Crippen molar-refractivity contribution in [3.63, 3.8) is 0 Å². The summed E-state index contributed by atoms with van der Waals surface area (Å²) in [6, 6.07) is 20.9. The van der Waals surface area contributed by atoms with Crippen molar-refractivity contribution in [3.05, 3.63) is 71.4 Å². The monoisotopic (exact) mass is 378 g/mol. The Bertz CT molecular complexity index is 912. The van der Waals surface area contributed by atoms with Gasteiger partial charge >= 0.3 is 0 Å². The van der Waals surface area contributed by atoms with Gasteiger partial charge in [-0.3, -0.25) is 0 Å². The summed E-state index contributed by atoms with van der Waals surface area (Å²) in [5.74, 6) is 1.76. The van der Waals surface area contributed by atoms with Crippen LogP contribution >= 0.6 is 22.7 Å². The van der Waals surface area contributed by atoms with Crippen LogP contribution in [-0.4, -0.2) is 14.2 Å². The number of rotatable bonds is 5. The van der Waals surface area contributed by atoms with Crippen LogP contribution in [0.5, 0.6) is 11.5 Å². The first kappa shape index (κ1) is 16.9. The highest BCUT2D eigenvalue weighted by Gasteiger charge is 2.09. The van der Waals surface area contributed by atoms with Crippen molar-refractivity contribution in [1.29, 1.82) is 0 Å². The normalized spacial score (nSPS) is 10.7. The van der Waals surface area contributed by atoms with E-state index in [1.54, 1.807) is 36.9 Å². The van der Waals surface area contributed by atoms with E-state index < -0.39 is 0 Å². The third kappa shape index (κ3) is 3.39. The van der Waals surface area contributed by atoms with E-state index in [0.29, 0.717) is 0 Å². The maximum atomic E-state index is 5.24. The van der Waals surface area contributed by atoms with Gasteiger partial charge in [-0.25, -0.2) is 0 Å². The Morgan fingerprint density at radius 2 is 0.923 bits per heavy atom. The van der Waals surface area contributed by atoms with Crippen LogP contribution in [0.2, 0.25) is 0 Å². The van der Waals surface area contributed by atoms with Crippen molar-refractivity contribution in [2.24, 2.45) is 0 Å². The smallest absolute Gasteiger partial charge is 0.118 e. The lowest BCUT2D eigenvalue weighted by Gasteiger charge is -2.01. The number of methoxy groups -OCH3 is 2. The standard InChI is InChI=1S/C22H18O2S2/c1-23-19-7-3-15(4-8-19)17-11-21(25-13-17)22-12-18(14-26-22)16-5-9-20(24-2)10-6-16/h3-14H,1-2H3. The molecular weight excluding hydrogens is 360 g/mol. The van der Waals surface area contributed by atoms with Crippen LogP contribution in [0.4, 0.5) is 0 Å². The lowest BCUT2D eigenvalue weighted by molar-refractivity contribution is 0.415. The Hall–Kier alpha value is -2.56. The van der Waals surface area contributed by atoms with Gasteiger partial charge in [-0.1, -0.05) is 24.3 Å². The van der Waals surface area contributed by atoms with Crippen molar-refractivity contribution in [1.82, 2.24) is 0 Å². The largest absolute Gasteiger partial charge is 0.497 e. The molecule has 2 nitrogen and oxygen atoms in total. The van der Waals surface area contributed by atoms with Crippen LogP contribution in [0.15, 0.2) is 71.4 Å². The van der Waals surface area contributed by atoms with Crippen LogP contribution in [0.1, 0.15) is 0 Å². The van der Waals surface area contributed by atoms with E-state index in [0.717, 1.165) is 11.5 Å². The van der Waals surface area contributed by atoms with Gasteiger partial charge in [0.05, 0.1) is 14.2 Å². The molecule has 0 unspecified atom stereocenters. The highest BCUT2D eigenvalue weighted by molar-refractivity contribution is 7.20. The Labute approximate surface area is 161 Å². The second kappa shape index (κ2) is 7.36. The molecule has 0 saturated heterocycles. The quantitative estimate of drug-likeness (QED) is 0.379. The number of hydrogen-bond donors (Lipinski definition) is 0. The molecule has 0 spiro atoms. The van der Waals surface area contributed by atoms with Gasteiger partial charge in [-0.05, 0) is 69.4 Å². The van der Waals surface area contributed by atoms with Gasteiger partial charge in [0.1, 0.15) is 11.5 Å². The zero-order valence-electron chi connectivity index (χ0n) is 14.6. The van der Waals surface area contributed by atoms with Crippen LogP contribution < -0.4 is 9.47 Å². The lowest BCUT2D eigenvalue weighted by atomic mass is 10.1. The van der Waals surface area contributed by atoms with Crippen LogP contribution in [0.25, 0.3) is 32.0 Å². The van der Waals surface area contributed by atoms with Gasteiger partial charge in [0.25, 0.3) is 0 Å². The second-order valence-corrected chi connectivity index (χ2v) is 7.68. The molecule has 0 aliphatic carbocycles. The molecule has 2 aromatic heterocycles. The first-order valence-electron chi connectivity index (χ1n) is 8.23. The molecule has 0 amide bonds. The fourth-order valence-corrected chi connectivity index (χ4v) is 4.75. The summed E-state index contributed by atoms with van der Waals surface area (Å²) in [4.78, 5) is 2.58. The molecular formula is C22H18O2S2. The van der Waals surface area contributed by atoms with Crippen LogP contribution in [0, 0.1) is 0 Å². The van der Waals surface area contributed by atoms with Gasteiger partial charge in [0, 0.05) is 9.75 Å². The summed E-state index contributed by atoms with van der Waals surface area (Å²) in [5.41, 5.74) is 4.90. The highest BCUT2D eigenvalue weighted by Crippen LogP contribution is 2.38. The van der Waals surface area contributed by atoms with Crippen LogP contribution in [-0.2, 0) is 0 Å².